The highest BCUT2D eigenvalue weighted by atomic mass is 16.6. The van der Waals surface area contributed by atoms with E-state index in [0.29, 0.717) is 0 Å². The minimum Gasteiger partial charge on any atom is -0.453 e. The third-order valence-corrected chi connectivity index (χ3v) is 5.01. The van der Waals surface area contributed by atoms with E-state index >= 15 is 0 Å². The molecule has 0 aliphatic heterocycles. The van der Waals surface area contributed by atoms with Crippen molar-refractivity contribution in [1.82, 2.24) is 0 Å². The average Bonchev–Trinajstić information content (AvgIpc) is 2.74. The normalized spacial score (nSPS) is 30.5. The summed E-state index contributed by atoms with van der Waals surface area (Å²) in [5.41, 5.74) is 0.619. The number of esters is 3. The molecule has 0 bridgehead atoms. The molecule has 1 rings (SSSR count). The lowest BCUT2D eigenvalue weighted by Crippen LogP contribution is -2.66. The van der Waals surface area contributed by atoms with Gasteiger partial charge in [-0.25, -0.2) is 14.4 Å². The molecule has 0 radical (unpaired) electrons. The smallest absolute Gasteiger partial charge is 0.333 e. The molecule has 9 heteroatoms. The van der Waals surface area contributed by atoms with E-state index in [1.54, 1.807) is 20.8 Å². The Labute approximate surface area is 175 Å². The molecule has 1 aliphatic rings. The van der Waals surface area contributed by atoms with E-state index in [9.17, 15) is 29.7 Å². The molecule has 6 atom stereocenters. The topological polar surface area (TPSA) is 140 Å². The number of ether oxygens (including phenoxy) is 3. The van der Waals surface area contributed by atoms with Crippen LogP contribution >= 0.6 is 0 Å². The van der Waals surface area contributed by atoms with Gasteiger partial charge in [0.1, 0.15) is 18.3 Å². The maximum absolute atomic E-state index is 12.3. The molecule has 0 saturated heterocycles. The second kappa shape index (κ2) is 11.1. The minimum absolute atomic E-state index is 0.204. The van der Waals surface area contributed by atoms with Gasteiger partial charge in [-0.05, 0) is 41.5 Å². The SMILES string of the molecule is C/C=C(/C)C(=O)O[C@@H]1[C@@H](O)[C@H](O)[C@@H](OC(=O)/C(C)=C\C)[C@@H](OC(=O)/C(C)=C\C)[C@H]1O. The van der Waals surface area contributed by atoms with Crippen LogP contribution in [0.3, 0.4) is 0 Å². The number of rotatable bonds is 6. The van der Waals surface area contributed by atoms with Crippen molar-refractivity contribution in [3.8, 4) is 0 Å². The fraction of sp³-hybridized carbons (Fsp3) is 0.571. The molecule has 0 heterocycles. The molecule has 0 spiro atoms. The van der Waals surface area contributed by atoms with Crippen molar-refractivity contribution in [3.05, 3.63) is 34.9 Å². The Morgan fingerprint density at radius 1 is 0.567 bits per heavy atom. The summed E-state index contributed by atoms with van der Waals surface area (Å²) in [6, 6.07) is 0. The molecule has 3 N–H and O–H groups in total. The molecule has 1 aliphatic carbocycles. The van der Waals surface area contributed by atoms with E-state index in [1.807, 2.05) is 0 Å². The zero-order chi connectivity index (χ0) is 23.2. The van der Waals surface area contributed by atoms with Gasteiger partial charge >= 0.3 is 17.9 Å². The summed E-state index contributed by atoms with van der Waals surface area (Å²) >= 11 is 0. The summed E-state index contributed by atoms with van der Waals surface area (Å²) < 4.78 is 15.6. The van der Waals surface area contributed by atoms with Crippen molar-refractivity contribution in [2.75, 3.05) is 0 Å². The van der Waals surface area contributed by atoms with Gasteiger partial charge in [-0.15, -0.1) is 0 Å². The summed E-state index contributed by atoms with van der Waals surface area (Å²) in [5.74, 6) is -2.49. The third-order valence-electron chi connectivity index (χ3n) is 5.01. The molecule has 0 amide bonds. The number of carbonyl (C=O) groups excluding carboxylic acids is 3. The van der Waals surface area contributed by atoms with Crippen LogP contribution in [0.15, 0.2) is 34.9 Å². The van der Waals surface area contributed by atoms with Gasteiger partial charge < -0.3 is 29.5 Å². The van der Waals surface area contributed by atoms with Crippen molar-refractivity contribution < 1.29 is 43.9 Å². The standard InChI is InChI=1S/C21H30O9/c1-7-10(4)19(25)28-16-13(22)14(23)17(29-20(26)11(5)8-2)18(15(16)24)30-21(27)12(6)9-3/h7-9,13-18,22-24H,1-6H3/b10-7-,11-8-,12-9-/t13-,14-,15-,16+,17+,18-/m0/s1. The van der Waals surface area contributed by atoms with E-state index in [-0.39, 0.29) is 16.7 Å². The van der Waals surface area contributed by atoms with E-state index in [0.717, 1.165) is 0 Å². The summed E-state index contributed by atoms with van der Waals surface area (Å²) in [5, 5.41) is 31.7. The Morgan fingerprint density at radius 2 is 0.833 bits per heavy atom. The van der Waals surface area contributed by atoms with Crippen LogP contribution in [0.4, 0.5) is 0 Å². The highest BCUT2D eigenvalue weighted by Gasteiger charge is 2.55. The lowest BCUT2D eigenvalue weighted by Gasteiger charge is -2.44. The van der Waals surface area contributed by atoms with Gasteiger partial charge in [0, 0.05) is 16.7 Å². The first-order chi connectivity index (χ1) is 14.0. The molecule has 0 aromatic rings. The number of aliphatic hydroxyl groups excluding tert-OH is 3. The Bertz CT molecular complexity index is 750. The van der Waals surface area contributed by atoms with Crippen LogP contribution in [0, 0.1) is 0 Å². The first-order valence-corrected chi connectivity index (χ1v) is 9.55. The molecule has 1 fully saturated rings. The van der Waals surface area contributed by atoms with Crippen molar-refractivity contribution in [2.24, 2.45) is 0 Å². The maximum atomic E-state index is 12.3. The van der Waals surface area contributed by atoms with E-state index < -0.39 is 54.5 Å². The van der Waals surface area contributed by atoms with Gasteiger partial charge in [0.15, 0.2) is 18.3 Å². The maximum Gasteiger partial charge on any atom is 0.333 e. The molecule has 0 aromatic carbocycles. The van der Waals surface area contributed by atoms with Crippen LogP contribution < -0.4 is 0 Å². The van der Waals surface area contributed by atoms with Gasteiger partial charge in [0.25, 0.3) is 0 Å². The van der Waals surface area contributed by atoms with E-state index in [4.69, 9.17) is 14.2 Å². The molecule has 0 unspecified atom stereocenters. The van der Waals surface area contributed by atoms with Crippen molar-refractivity contribution in [1.29, 1.82) is 0 Å². The molecule has 9 nitrogen and oxygen atoms in total. The molecule has 0 aromatic heterocycles. The van der Waals surface area contributed by atoms with Crippen molar-refractivity contribution in [3.63, 3.8) is 0 Å². The summed E-state index contributed by atoms with van der Waals surface area (Å²) in [4.78, 5) is 36.6. The average molecular weight is 426 g/mol. The Hall–Kier alpha value is -2.49. The van der Waals surface area contributed by atoms with Gasteiger partial charge in [0.05, 0.1) is 0 Å². The highest BCUT2D eigenvalue weighted by molar-refractivity contribution is 5.89. The van der Waals surface area contributed by atoms with E-state index in [2.05, 4.69) is 0 Å². The molecule has 1 saturated carbocycles. The molecular weight excluding hydrogens is 396 g/mol. The Kier molecular flexibility index (Phi) is 9.41. The van der Waals surface area contributed by atoms with Crippen LogP contribution in [-0.2, 0) is 28.6 Å². The van der Waals surface area contributed by atoms with E-state index in [1.165, 1.54) is 39.0 Å². The first kappa shape index (κ1) is 25.5. The number of aliphatic hydroxyl groups is 3. The van der Waals surface area contributed by atoms with Gasteiger partial charge in [-0.1, -0.05) is 18.2 Å². The van der Waals surface area contributed by atoms with Crippen LogP contribution in [0.25, 0.3) is 0 Å². The predicted molar refractivity (Wildman–Crippen MR) is 106 cm³/mol. The van der Waals surface area contributed by atoms with Crippen molar-refractivity contribution >= 4 is 17.9 Å². The third kappa shape index (κ3) is 5.78. The lowest BCUT2D eigenvalue weighted by molar-refractivity contribution is -0.244. The second-order valence-corrected chi connectivity index (χ2v) is 7.00. The Balaban J connectivity index is 3.29. The summed E-state index contributed by atoms with van der Waals surface area (Å²) in [6.07, 6.45) is -5.76. The van der Waals surface area contributed by atoms with Gasteiger partial charge in [0.2, 0.25) is 0 Å². The predicted octanol–water partition coefficient (Wildman–Crippen LogP) is 0.717. The number of hydrogen-bond donors (Lipinski definition) is 3. The van der Waals surface area contributed by atoms with Crippen LogP contribution in [0.5, 0.6) is 0 Å². The minimum atomic E-state index is -1.80. The number of carbonyl (C=O) groups is 3. The monoisotopic (exact) mass is 426 g/mol. The van der Waals surface area contributed by atoms with Crippen LogP contribution in [0.1, 0.15) is 41.5 Å². The fourth-order valence-electron chi connectivity index (χ4n) is 2.58. The van der Waals surface area contributed by atoms with Gasteiger partial charge in [-0.3, -0.25) is 0 Å². The fourth-order valence-corrected chi connectivity index (χ4v) is 2.58. The molecule has 168 valence electrons. The number of allylic oxidation sites excluding steroid dienone is 3. The molecular formula is C21H30O9. The van der Waals surface area contributed by atoms with Crippen LogP contribution in [-0.4, -0.2) is 69.9 Å². The quantitative estimate of drug-likeness (QED) is 0.318. The number of hydrogen-bond acceptors (Lipinski definition) is 9. The second-order valence-electron chi connectivity index (χ2n) is 7.00. The zero-order valence-corrected chi connectivity index (χ0v) is 18.0. The van der Waals surface area contributed by atoms with Crippen molar-refractivity contribution in [2.45, 2.75) is 78.2 Å². The highest BCUT2D eigenvalue weighted by Crippen LogP contribution is 2.30. The van der Waals surface area contributed by atoms with Gasteiger partial charge in [-0.2, -0.15) is 0 Å². The first-order valence-electron chi connectivity index (χ1n) is 9.55. The Morgan fingerprint density at radius 3 is 1.17 bits per heavy atom. The molecule has 30 heavy (non-hydrogen) atoms. The lowest BCUT2D eigenvalue weighted by atomic mass is 9.84. The summed E-state index contributed by atoms with van der Waals surface area (Å²) in [7, 11) is 0. The van der Waals surface area contributed by atoms with Crippen LogP contribution in [0.2, 0.25) is 0 Å². The zero-order valence-electron chi connectivity index (χ0n) is 18.0. The largest absolute Gasteiger partial charge is 0.453 e. The summed E-state index contributed by atoms with van der Waals surface area (Å²) in [6.45, 7) is 9.22.